The summed E-state index contributed by atoms with van der Waals surface area (Å²) in [6.45, 7) is 0.689. The minimum Gasteiger partial charge on any atom is -0.467 e. The number of nitrogens with zero attached hydrogens (tertiary/aromatic N) is 1. The normalized spacial score (nSPS) is 13.2. The van der Waals surface area contributed by atoms with Gasteiger partial charge in [-0.05, 0) is 24.3 Å². The van der Waals surface area contributed by atoms with Gasteiger partial charge in [-0.3, -0.25) is 4.98 Å². The number of pyridine rings is 1. The fourth-order valence-corrected chi connectivity index (χ4v) is 2.34. The Bertz CT molecular complexity index is 660. The Hall–Kier alpha value is -2.11. The van der Waals surface area contributed by atoms with Crippen molar-refractivity contribution in [2.75, 3.05) is 6.79 Å². The summed E-state index contributed by atoms with van der Waals surface area (Å²) in [4.78, 5) is 15.8. The van der Waals surface area contributed by atoms with Gasteiger partial charge in [-0.1, -0.05) is 11.6 Å². The summed E-state index contributed by atoms with van der Waals surface area (Å²) >= 11 is 6.05. The molecule has 0 aliphatic carbocycles. The van der Waals surface area contributed by atoms with Crippen LogP contribution in [0.4, 0.5) is 0 Å². The molecule has 1 aromatic heterocycles. The number of esters is 1. The van der Waals surface area contributed by atoms with Crippen LogP contribution >= 0.6 is 11.6 Å². The zero-order chi connectivity index (χ0) is 14.7. The number of ether oxygens (including phenoxy) is 3. The van der Waals surface area contributed by atoms with Gasteiger partial charge < -0.3 is 14.2 Å². The molecule has 108 valence electrons. The summed E-state index contributed by atoms with van der Waals surface area (Å²) in [7, 11) is 0. The monoisotopic (exact) mass is 305 g/mol. The molecule has 0 N–H and O–H groups in total. The lowest BCUT2D eigenvalue weighted by Crippen LogP contribution is -2.14. The molecule has 1 aromatic carbocycles. The topological polar surface area (TPSA) is 57.7 Å². The average molecular weight is 306 g/mol. The Morgan fingerprint density at radius 3 is 3.14 bits per heavy atom. The van der Waals surface area contributed by atoms with Crippen LogP contribution in [-0.4, -0.2) is 17.7 Å². The summed E-state index contributed by atoms with van der Waals surface area (Å²) in [6.07, 6.45) is 3.05. The van der Waals surface area contributed by atoms with E-state index in [1.165, 1.54) is 6.20 Å². The number of halogens is 1. The Morgan fingerprint density at radius 2 is 2.33 bits per heavy atom. The van der Waals surface area contributed by atoms with Crippen LogP contribution in [0.25, 0.3) is 0 Å². The fourth-order valence-electron chi connectivity index (χ4n) is 2.07. The van der Waals surface area contributed by atoms with Gasteiger partial charge in [0.25, 0.3) is 0 Å². The number of carbonyl (C=O) groups is 1. The van der Waals surface area contributed by atoms with Crippen molar-refractivity contribution >= 4 is 17.6 Å². The molecule has 5 nitrogen and oxygen atoms in total. The van der Waals surface area contributed by atoms with Gasteiger partial charge in [-0.15, -0.1) is 0 Å². The second-order valence-electron chi connectivity index (χ2n) is 4.48. The smallest absolute Gasteiger partial charge is 0.340 e. The third-order valence-electron chi connectivity index (χ3n) is 3.01. The molecule has 6 heteroatoms. The van der Waals surface area contributed by atoms with Gasteiger partial charge in [0.15, 0.2) is 6.79 Å². The maximum Gasteiger partial charge on any atom is 0.340 e. The molecule has 3 rings (SSSR count). The maximum atomic E-state index is 11.9. The molecule has 0 radical (unpaired) electrons. The van der Waals surface area contributed by atoms with E-state index >= 15 is 0 Å². The molecular formula is C15H12ClNO4. The van der Waals surface area contributed by atoms with E-state index < -0.39 is 5.97 Å². The number of fused-ring (bicyclic) bond motifs is 1. The molecule has 1 aliphatic rings. The maximum absolute atomic E-state index is 11.9. The number of carbonyl (C=O) groups excluding carboxylic acids is 1. The van der Waals surface area contributed by atoms with Gasteiger partial charge >= 0.3 is 5.97 Å². The Morgan fingerprint density at radius 1 is 1.43 bits per heavy atom. The van der Waals surface area contributed by atoms with Crippen LogP contribution < -0.4 is 4.74 Å². The van der Waals surface area contributed by atoms with E-state index in [4.69, 9.17) is 25.8 Å². The van der Waals surface area contributed by atoms with E-state index in [9.17, 15) is 4.79 Å². The van der Waals surface area contributed by atoms with Crippen molar-refractivity contribution in [1.29, 1.82) is 0 Å². The second-order valence-corrected chi connectivity index (χ2v) is 4.92. The lowest BCUT2D eigenvalue weighted by molar-refractivity contribution is -0.0180. The molecule has 1 aliphatic heterocycles. The Kier molecular flexibility index (Phi) is 4.03. The van der Waals surface area contributed by atoms with E-state index in [1.807, 2.05) is 0 Å². The SMILES string of the molecule is O=C(OCc1cc(Cl)cc2c1OCOC2)c1cccnc1. The van der Waals surface area contributed by atoms with E-state index in [0.29, 0.717) is 22.9 Å². The van der Waals surface area contributed by atoms with E-state index in [1.54, 1.807) is 30.5 Å². The number of aromatic nitrogens is 1. The highest BCUT2D eigenvalue weighted by Gasteiger charge is 2.18. The number of hydrogen-bond donors (Lipinski definition) is 0. The predicted octanol–water partition coefficient (Wildman–Crippen LogP) is 2.96. The summed E-state index contributed by atoms with van der Waals surface area (Å²) in [6, 6.07) is 6.83. The van der Waals surface area contributed by atoms with Crippen LogP contribution in [0, 0.1) is 0 Å². The third-order valence-corrected chi connectivity index (χ3v) is 3.23. The van der Waals surface area contributed by atoms with E-state index in [2.05, 4.69) is 4.98 Å². The quantitative estimate of drug-likeness (QED) is 0.816. The summed E-state index contributed by atoms with van der Waals surface area (Å²) < 4.78 is 15.9. The van der Waals surface area contributed by atoms with Gasteiger partial charge in [0.2, 0.25) is 0 Å². The molecule has 0 amide bonds. The zero-order valence-electron chi connectivity index (χ0n) is 11.0. The van der Waals surface area contributed by atoms with Crippen molar-refractivity contribution in [2.24, 2.45) is 0 Å². The molecule has 0 unspecified atom stereocenters. The largest absolute Gasteiger partial charge is 0.467 e. The lowest BCUT2D eigenvalue weighted by Gasteiger charge is -2.21. The summed E-state index contributed by atoms with van der Waals surface area (Å²) in [5, 5.41) is 0.551. The van der Waals surface area contributed by atoms with Crippen molar-refractivity contribution < 1.29 is 19.0 Å². The first-order chi connectivity index (χ1) is 10.2. The van der Waals surface area contributed by atoms with Gasteiger partial charge in [-0.2, -0.15) is 0 Å². The molecular weight excluding hydrogens is 294 g/mol. The average Bonchev–Trinajstić information content (AvgIpc) is 2.53. The standard InChI is InChI=1S/C15H12ClNO4/c16-13-4-11-7-19-9-21-14(11)12(5-13)8-20-15(18)10-2-1-3-17-6-10/h1-6H,7-9H2. The van der Waals surface area contributed by atoms with Crippen molar-refractivity contribution in [1.82, 2.24) is 4.98 Å². The Balaban J connectivity index is 1.76. The Labute approximate surface area is 126 Å². The minimum absolute atomic E-state index is 0.0800. The first kappa shape index (κ1) is 13.9. The van der Waals surface area contributed by atoms with Crippen molar-refractivity contribution in [3.63, 3.8) is 0 Å². The molecule has 21 heavy (non-hydrogen) atoms. The molecule has 0 spiro atoms. The molecule has 2 heterocycles. The lowest BCUT2D eigenvalue weighted by atomic mass is 10.1. The van der Waals surface area contributed by atoms with Crippen LogP contribution in [0.2, 0.25) is 5.02 Å². The first-order valence-electron chi connectivity index (χ1n) is 6.33. The number of hydrogen-bond acceptors (Lipinski definition) is 5. The van der Waals surface area contributed by atoms with Crippen molar-refractivity contribution in [2.45, 2.75) is 13.2 Å². The minimum atomic E-state index is -0.441. The summed E-state index contributed by atoms with van der Waals surface area (Å²) in [5.74, 6) is 0.230. The molecule has 0 saturated carbocycles. The first-order valence-corrected chi connectivity index (χ1v) is 6.71. The van der Waals surface area contributed by atoms with Crippen LogP contribution in [0.1, 0.15) is 21.5 Å². The molecule has 0 atom stereocenters. The van der Waals surface area contributed by atoms with Gasteiger partial charge in [0, 0.05) is 28.5 Å². The van der Waals surface area contributed by atoms with Crippen molar-refractivity contribution in [3.05, 3.63) is 58.4 Å². The van der Waals surface area contributed by atoms with Crippen LogP contribution in [0.5, 0.6) is 5.75 Å². The molecule has 0 saturated heterocycles. The van der Waals surface area contributed by atoms with Gasteiger partial charge in [0.05, 0.1) is 12.2 Å². The number of benzene rings is 1. The molecule has 0 fully saturated rings. The number of rotatable bonds is 3. The fraction of sp³-hybridized carbons (Fsp3) is 0.200. The van der Waals surface area contributed by atoms with Crippen LogP contribution in [-0.2, 0) is 22.7 Å². The van der Waals surface area contributed by atoms with Crippen LogP contribution in [0.3, 0.4) is 0 Å². The van der Waals surface area contributed by atoms with Gasteiger partial charge in [0.1, 0.15) is 12.4 Å². The highest BCUT2D eigenvalue weighted by atomic mass is 35.5. The van der Waals surface area contributed by atoms with Gasteiger partial charge in [-0.25, -0.2) is 4.79 Å². The highest BCUT2D eigenvalue weighted by Crippen LogP contribution is 2.32. The predicted molar refractivity (Wildman–Crippen MR) is 75.1 cm³/mol. The second kappa shape index (κ2) is 6.11. The van der Waals surface area contributed by atoms with Crippen molar-refractivity contribution in [3.8, 4) is 5.75 Å². The zero-order valence-corrected chi connectivity index (χ0v) is 11.8. The van der Waals surface area contributed by atoms with Crippen LogP contribution in [0.15, 0.2) is 36.7 Å². The molecule has 0 bridgehead atoms. The van der Waals surface area contributed by atoms with E-state index in [-0.39, 0.29) is 13.4 Å². The molecule has 2 aromatic rings. The summed E-state index contributed by atoms with van der Waals surface area (Å²) in [5.41, 5.74) is 1.97. The highest BCUT2D eigenvalue weighted by molar-refractivity contribution is 6.30. The third kappa shape index (κ3) is 3.15. The van der Waals surface area contributed by atoms with E-state index in [0.717, 1.165) is 11.1 Å².